The average molecular weight is 294 g/mol. The molecule has 0 saturated heterocycles. The van der Waals surface area contributed by atoms with Gasteiger partial charge in [-0.15, -0.1) is 0 Å². The van der Waals surface area contributed by atoms with Gasteiger partial charge in [0.05, 0.1) is 0 Å². The first-order chi connectivity index (χ1) is 9.19. The summed E-state index contributed by atoms with van der Waals surface area (Å²) in [6.45, 7) is 0. The summed E-state index contributed by atoms with van der Waals surface area (Å²) in [6, 6.07) is 7.11. The predicted molar refractivity (Wildman–Crippen MR) is 60.7 cm³/mol. The fourth-order valence-electron chi connectivity index (χ4n) is 1.77. The van der Waals surface area contributed by atoms with E-state index in [9.17, 15) is 26.3 Å². The van der Waals surface area contributed by atoms with Crippen molar-refractivity contribution in [2.45, 2.75) is 18.8 Å². The molecule has 1 aliphatic heterocycles. The molecule has 8 heteroatoms. The van der Waals surface area contributed by atoms with Gasteiger partial charge >= 0.3 is 12.4 Å². The van der Waals surface area contributed by atoms with Crippen molar-refractivity contribution in [3.05, 3.63) is 41.6 Å². The van der Waals surface area contributed by atoms with Crippen LogP contribution in [0.5, 0.6) is 0 Å². The van der Waals surface area contributed by atoms with E-state index < -0.39 is 35.8 Å². The molecule has 0 fully saturated rings. The molecule has 1 N–H and O–H groups in total. The second kappa shape index (κ2) is 4.84. The standard InChI is InChI=1S/C12H8F6N2/c13-11(14,15)9-6-8(7-4-2-1-3-5-7)10(20-19-9)12(16,17)18/h1-5,20H,6H2. The second-order valence-corrected chi connectivity index (χ2v) is 4.06. The average Bonchev–Trinajstić information content (AvgIpc) is 2.37. The van der Waals surface area contributed by atoms with Crippen molar-refractivity contribution < 1.29 is 26.3 Å². The molecule has 0 aliphatic carbocycles. The van der Waals surface area contributed by atoms with Crippen molar-refractivity contribution in [1.82, 2.24) is 5.43 Å². The van der Waals surface area contributed by atoms with Crippen LogP contribution in [-0.2, 0) is 0 Å². The van der Waals surface area contributed by atoms with Crippen LogP contribution in [0.1, 0.15) is 12.0 Å². The Morgan fingerprint density at radius 2 is 1.50 bits per heavy atom. The first-order valence-corrected chi connectivity index (χ1v) is 5.45. The molecule has 1 aromatic rings. The second-order valence-electron chi connectivity index (χ2n) is 4.06. The zero-order valence-corrected chi connectivity index (χ0v) is 9.81. The summed E-state index contributed by atoms with van der Waals surface area (Å²) in [5, 5.41) is 2.79. The van der Waals surface area contributed by atoms with Crippen molar-refractivity contribution in [2.75, 3.05) is 0 Å². The zero-order chi connectivity index (χ0) is 15.0. The summed E-state index contributed by atoms with van der Waals surface area (Å²) < 4.78 is 76.2. The quantitative estimate of drug-likeness (QED) is 0.781. The topological polar surface area (TPSA) is 24.4 Å². The van der Waals surface area contributed by atoms with Crippen molar-refractivity contribution in [3.8, 4) is 0 Å². The highest BCUT2D eigenvalue weighted by Gasteiger charge is 2.44. The van der Waals surface area contributed by atoms with E-state index in [1.807, 2.05) is 0 Å². The molecule has 0 radical (unpaired) electrons. The number of halogens is 6. The monoisotopic (exact) mass is 294 g/mol. The maximum absolute atomic E-state index is 12.8. The molecule has 108 valence electrons. The molecule has 1 aromatic carbocycles. The molecule has 1 aliphatic rings. The fraction of sp³-hybridized carbons (Fsp3) is 0.250. The Hall–Kier alpha value is -1.99. The molecule has 2 nitrogen and oxygen atoms in total. The molecule has 0 unspecified atom stereocenters. The van der Waals surface area contributed by atoms with E-state index in [2.05, 4.69) is 5.10 Å². The SMILES string of the molecule is FC(F)(F)C1=NNC(C(F)(F)F)=C(c2ccccc2)C1. The van der Waals surface area contributed by atoms with E-state index in [0.717, 1.165) is 0 Å². The van der Waals surface area contributed by atoms with Crippen molar-refractivity contribution >= 4 is 11.3 Å². The van der Waals surface area contributed by atoms with Crippen molar-refractivity contribution in [3.63, 3.8) is 0 Å². The van der Waals surface area contributed by atoms with E-state index in [1.165, 1.54) is 29.7 Å². The van der Waals surface area contributed by atoms with Gasteiger partial charge in [0.25, 0.3) is 0 Å². The molecule has 0 aromatic heterocycles. The van der Waals surface area contributed by atoms with Crippen molar-refractivity contribution in [1.29, 1.82) is 0 Å². The van der Waals surface area contributed by atoms with Crippen LogP contribution < -0.4 is 5.43 Å². The summed E-state index contributed by atoms with van der Waals surface area (Å²) in [5.74, 6) is 0. The summed E-state index contributed by atoms with van der Waals surface area (Å²) >= 11 is 0. The summed E-state index contributed by atoms with van der Waals surface area (Å²) in [4.78, 5) is 0. The number of allylic oxidation sites excluding steroid dienone is 2. The number of hydrogen-bond donors (Lipinski definition) is 1. The number of rotatable bonds is 1. The van der Waals surface area contributed by atoms with Gasteiger partial charge in [0.15, 0.2) is 0 Å². The smallest absolute Gasteiger partial charge is 0.273 e. The van der Waals surface area contributed by atoms with E-state index in [4.69, 9.17) is 0 Å². The number of nitrogens with zero attached hydrogens (tertiary/aromatic N) is 1. The third kappa shape index (κ3) is 2.94. The molecule has 0 atom stereocenters. The first kappa shape index (κ1) is 14.4. The minimum Gasteiger partial charge on any atom is -0.273 e. The molecular formula is C12H8F6N2. The van der Waals surface area contributed by atoms with Crippen LogP contribution in [0.15, 0.2) is 41.1 Å². The number of alkyl halides is 6. The van der Waals surface area contributed by atoms with Crippen LogP contribution in [-0.4, -0.2) is 18.1 Å². The number of benzene rings is 1. The van der Waals surface area contributed by atoms with E-state index in [-0.39, 0.29) is 5.56 Å². The van der Waals surface area contributed by atoms with E-state index >= 15 is 0 Å². The van der Waals surface area contributed by atoms with E-state index in [0.29, 0.717) is 0 Å². The Balaban J connectivity index is 2.47. The summed E-state index contributed by atoms with van der Waals surface area (Å²) in [6.07, 6.45) is -10.5. The third-order valence-electron chi connectivity index (χ3n) is 2.68. The van der Waals surface area contributed by atoms with Crippen LogP contribution in [0.4, 0.5) is 26.3 Å². The highest BCUT2D eigenvalue weighted by Crippen LogP contribution is 2.37. The van der Waals surface area contributed by atoms with Crippen LogP contribution in [0, 0.1) is 0 Å². The zero-order valence-electron chi connectivity index (χ0n) is 9.81. The maximum atomic E-state index is 12.8. The minimum atomic E-state index is -4.80. The van der Waals surface area contributed by atoms with Gasteiger partial charge in [-0.1, -0.05) is 30.3 Å². The van der Waals surface area contributed by atoms with Gasteiger partial charge in [-0.2, -0.15) is 31.4 Å². The van der Waals surface area contributed by atoms with Crippen LogP contribution in [0.2, 0.25) is 0 Å². The van der Waals surface area contributed by atoms with Gasteiger partial charge in [0, 0.05) is 6.42 Å². The number of hydrogen-bond acceptors (Lipinski definition) is 2. The van der Waals surface area contributed by atoms with Crippen LogP contribution in [0.25, 0.3) is 5.57 Å². The van der Waals surface area contributed by atoms with Crippen molar-refractivity contribution in [2.24, 2.45) is 5.10 Å². The Morgan fingerprint density at radius 1 is 0.900 bits per heavy atom. The molecule has 0 spiro atoms. The lowest BCUT2D eigenvalue weighted by molar-refractivity contribution is -0.0972. The van der Waals surface area contributed by atoms with Gasteiger partial charge in [-0.25, -0.2) is 0 Å². The molecule has 1 heterocycles. The minimum absolute atomic E-state index is 0.0731. The predicted octanol–water partition coefficient (Wildman–Crippen LogP) is 3.87. The number of nitrogens with one attached hydrogen (secondary N) is 1. The molecule has 2 rings (SSSR count). The maximum Gasteiger partial charge on any atom is 0.433 e. The molecule has 0 amide bonds. The van der Waals surface area contributed by atoms with Crippen LogP contribution >= 0.6 is 0 Å². The Morgan fingerprint density at radius 3 is 2.00 bits per heavy atom. The lowest BCUT2D eigenvalue weighted by Crippen LogP contribution is -2.34. The molecule has 20 heavy (non-hydrogen) atoms. The highest BCUT2D eigenvalue weighted by molar-refractivity contribution is 5.99. The third-order valence-corrected chi connectivity index (χ3v) is 2.68. The lowest BCUT2D eigenvalue weighted by atomic mass is 9.96. The molecule has 0 saturated carbocycles. The largest absolute Gasteiger partial charge is 0.433 e. The van der Waals surface area contributed by atoms with Gasteiger partial charge in [0.1, 0.15) is 11.4 Å². The van der Waals surface area contributed by atoms with E-state index in [1.54, 1.807) is 6.07 Å². The van der Waals surface area contributed by atoms with Gasteiger partial charge < -0.3 is 0 Å². The van der Waals surface area contributed by atoms with Gasteiger partial charge in [-0.05, 0) is 11.1 Å². The Labute approximate surface area is 109 Å². The summed E-state index contributed by atoms with van der Waals surface area (Å²) in [7, 11) is 0. The lowest BCUT2D eigenvalue weighted by Gasteiger charge is -2.23. The Bertz CT molecular complexity index is 554. The number of hydrazone groups is 1. The fourth-order valence-corrected chi connectivity index (χ4v) is 1.77. The molecular weight excluding hydrogens is 286 g/mol. The first-order valence-electron chi connectivity index (χ1n) is 5.45. The molecule has 0 bridgehead atoms. The normalized spacial score (nSPS) is 16.8. The summed E-state index contributed by atoms with van der Waals surface area (Å²) in [5.41, 5.74) is -1.47. The van der Waals surface area contributed by atoms with Crippen LogP contribution in [0.3, 0.4) is 0 Å². The highest BCUT2D eigenvalue weighted by atomic mass is 19.4. The van der Waals surface area contributed by atoms with Gasteiger partial charge in [-0.3, -0.25) is 5.43 Å². The van der Waals surface area contributed by atoms with Gasteiger partial charge in [0.2, 0.25) is 0 Å². The Kier molecular flexibility index (Phi) is 3.49.